The number of hydrogen-bond donors (Lipinski definition) is 5. The molecule has 28 heavy (non-hydrogen) atoms. The van der Waals surface area contributed by atoms with Gasteiger partial charge in [0.2, 0.25) is 0 Å². The van der Waals surface area contributed by atoms with Crippen molar-refractivity contribution in [2.45, 2.75) is 41.8 Å². The lowest BCUT2D eigenvalue weighted by Crippen LogP contribution is -2.55. The highest BCUT2D eigenvalue weighted by molar-refractivity contribution is 8.00. The van der Waals surface area contributed by atoms with Crippen molar-refractivity contribution in [3.63, 3.8) is 0 Å². The average Bonchev–Trinajstić information content (AvgIpc) is 2.71. The van der Waals surface area contributed by atoms with E-state index in [-0.39, 0.29) is 13.2 Å². The minimum absolute atomic E-state index is 0.118. The molecule has 3 rings (SSSR count). The molecular weight excluding hydrogens is 380 g/mol. The standard InChI is InChI=1S/C21H26O6S/c22-10-9-13-5-7-14(8-6-13)11-15-3-1-2-4-16(15)27-21-20(26)19(25)18(24)17(12-23)28-21/h1-8,17-26H,9-12H2. The largest absolute Gasteiger partial charge is 0.477 e. The van der Waals surface area contributed by atoms with Crippen LogP contribution in [0.5, 0.6) is 5.75 Å². The average molecular weight is 407 g/mol. The summed E-state index contributed by atoms with van der Waals surface area (Å²) >= 11 is 1.11. The van der Waals surface area contributed by atoms with Crippen molar-refractivity contribution >= 4 is 11.8 Å². The van der Waals surface area contributed by atoms with Crippen molar-refractivity contribution in [2.75, 3.05) is 13.2 Å². The molecule has 0 amide bonds. The van der Waals surface area contributed by atoms with Crippen LogP contribution in [0, 0.1) is 0 Å². The summed E-state index contributed by atoms with van der Waals surface area (Å²) in [6, 6.07) is 15.5. The van der Waals surface area contributed by atoms with E-state index >= 15 is 0 Å². The third kappa shape index (κ3) is 4.86. The van der Waals surface area contributed by atoms with Crippen LogP contribution < -0.4 is 4.74 Å². The Balaban J connectivity index is 1.74. The summed E-state index contributed by atoms with van der Waals surface area (Å²) in [5.41, 5.74) is 2.27. The lowest BCUT2D eigenvalue weighted by atomic mass is 10.0. The Kier molecular flexibility index (Phi) is 7.34. The molecule has 0 bridgehead atoms. The van der Waals surface area contributed by atoms with Gasteiger partial charge in [0.05, 0.1) is 18.0 Å². The monoisotopic (exact) mass is 406 g/mol. The van der Waals surface area contributed by atoms with E-state index in [1.165, 1.54) is 0 Å². The maximum absolute atomic E-state index is 10.3. The van der Waals surface area contributed by atoms with Gasteiger partial charge in [-0.25, -0.2) is 0 Å². The molecule has 2 aromatic rings. The summed E-state index contributed by atoms with van der Waals surface area (Å²) in [6.07, 6.45) is -2.62. The molecule has 5 atom stereocenters. The van der Waals surface area contributed by atoms with Gasteiger partial charge in [-0.05, 0) is 29.2 Å². The summed E-state index contributed by atoms with van der Waals surface area (Å²) < 4.78 is 5.98. The van der Waals surface area contributed by atoms with Gasteiger partial charge >= 0.3 is 0 Å². The van der Waals surface area contributed by atoms with Crippen LogP contribution in [0.25, 0.3) is 0 Å². The van der Waals surface area contributed by atoms with Crippen molar-refractivity contribution < 1.29 is 30.3 Å². The second-order valence-corrected chi connectivity index (χ2v) is 8.23. The second kappa shape index (κ2) is 9.73. The van der Waals surface area contributed by atoms with Gasteiger partial charge in [0.25, 0.3) is 0 Å². The SMILES string of the molecule is OCCc1ccc(Cc2ccccc2OC2SC(CO)C(O)C(O)C2O)cc1. The van der Waals surface area contributed by atoms with Crippen LogP contribution in [-0.4, -0.2) is 67.7 Å². The minimum Gasteiger partial charge on any atom is -0.477 e. The molecule has 152 valence electrons. The number of thioether (sulfide) groups is 1. The van der Waals surface area contributed by atoms with E-state index in [0.29, 0.717) is 18.6 Å². The van der Waals surface area contributed by atoms with Crippen LogP contribution in [0.15, 0.2) is 48.5 Å². The second-order valence-electron chi connectivity index (χ2n) is 6.89. The van der Waals surface area contributed by atoms with E-state index in [2.05, 4.69) is 0 Å². The highest BCUT2D eigenvalue weighted by Crippen LogP contribution is 2.35. The summed E-state index contributed by atoms with van der Waals surface area (Å²) in [7, 11) is 0. The lowest BCUT2D eigenvalue weighted by molar-refractivity contribution is -0.0910. The van der Waals surface area contributed by atoms with Crippen LogP contribution in [0.2, 0.25) is 0 Å². The zero-order chi connectivity index (χ0) is 20.1. The van der Waals surface area contributed by atoms with Crippen LogP contribution >= 0.6 is 11.8 Å². The smallest absolute Gasteiger partial charge is 0.173 e. The van der Waals surface area contributed by atoms with Gasteiger partial charge in [-0.3, -0.25) is 0 Å². The van der Waals surface area contributed by atoms with E-state index in [1.807, 2.05) is 42.5 Å². The number of benzene rings is 2. The minimum atomic E-state index is -1.38. The predicted octanol–water partition coefficient (Wildman–Crippen LogP) is 0.707. The van der Waals surface area contributed by atoms with Gasteiger partial charge in [0.15, 0.2) is 5.44 Å². The molecule has 1 aliphatic rings. The molecule has 2 aromatic carbocycles. The number of ether oxygens (including phenoxy) is 1. The van der Waals surface area contributed by atoms with Crippen molar-refractivity contribution in [2.24, 2.45) is 0 Å². The Bertz CT molecular complexity index is 751. The van der Waals surface area contributed by atoms with Crippen LogP contribution in [-0.2, 0) is 12.8 Å². The van der Waals surface area contributed by atoms with Crippen LogP contribution in [0.4, 0.5) is 0 Å². The normalized spacial score (nSPS) is 27.5. The Morgan fingerprint density at radius 1 is 0.821 bits per heavy atom. The maximum atomic E-state index is 10.3. The number of rotatable bonds is 7. The molecule has 0 saturated carbocycles. The fourth-order valence-corrected chi connectivity index (χ4v) is 4.46. The topological polar surface area (TPSA) is 110 Å². The third-order valence-corrected chi connectivity index (χ3v) is 6.30. The van der Waals surface area contributed by atoms with E-state index in [4.69, 9.17) is 9.84 Å². The Labute approximate surface area is 168 Å². The molecular formula is C21H26O6S. The molecule has 1 fully saturated rings. The van der Waals surface area contributed by atoms with Crippen molar-refractivity contribution in [1.29, 1.82) is 0 Å². The van der Waals surface area contributed by atoms with Gasteiger partial charge in [-0.15, -0.1) is 11.8 Å². The molecule has 1 aliphatic heterocycles. The first-order chi connectivity index (χ1) is 13.5. The van der Waals surface area contributed by atoms with E-state index in [1.54, 1.807) is 6.07 Å². The third-order valence-electron chi connectivity index (χ3n) is 4.88. The molecule has 6 nitrogen and oxygen atoms in total. The zero-order valence-corrected chi connectivity index (χ0v) is 16.2. The van der Waals surface area contributed by atoms with Gasteiger partial charge < -0.3 is 30.3 Å². The highest BCUT2D eigenvalue weighted by Gasteiger charge is 2.44. The Morgan fingerprint density at radius 3 is 2.18 bits per heavy atom. The van der Waals surface area contributed by atoms with Gasteiger partial charge in [0.1, 0.15) is 18.0 Å². The van der Waals surface area contributed by atoms with Crippen molar-refractivity contribution in [3.8, 4) is 5.75 Å². The first kappa shape index (κ1) is 21.1. The Morgan fingerprint density at radius 2 is 1.50 bits per heavy atom. The lowest BCUT2D eigenvalue weighted by Gasteiger charge is -2.39. The molecule has 1 saturated heterocycles. The summed E-state index contributed by atoms with van der Waals surface area (Å²) in [4.78, 5) is 0. The highest BCUT2D eigenvalue weighted by atomic mass is 32.2. The summed E-state index contributed by atoms with van der Waals surface area (Å²) in [6.45, 7) is -0.204. The van der Waals surface area contributed by atoms with Gasteiger partial charge in [0, 0.05) is 13.0 Å². The van der Waals surface area contributed by atoms with E-state index in [9.17, 15) is 20.4 Å². The van der Waals surface area contributed by atoms with Crippen molar-refractivity contribution in [3.05, 3.63) is 65.2 Å². The molecule has 1 heterocycles. The maximum Gasteiger partial charge on any atom is 0.173 e. The van der Waals surface area contributed by atoms with Gasteiger partial charge in [-0.2, -0.15) is 0 Å². The number of aliphatic hydroxyl groups excluding tert-OH is 5. The molecule has 5 unspecified atom stereocenters. The molecule has 0 aromatic heterocycles. The molecule has 0 spiro atoms. The van der Waals surface area contributed by atoms with Crippen LogP contribution in [0.3, 0.4) is 0 Å². The first-order valence-electron chi connectivity index (χ1n) is 9.27. The van der Waals surface area contributed by atoms with Crippen molar-refractivity contribution in [1.82, 2.24) is 0 Å². The van der Waals surface area contributed by atoms with Gasteiger partial charge in [-0.1, -0.05) is 42.5 Å². The fraction of sp³-hybridized carbons (Fsp3) is 0.429. The number of aliphatic hydroxyl groups is 5. The molecule has 5 N–H and O–H groups in total. The van der Waals surface area contributed by atoms with Crippen LogP contribution in [0.1, 0.15) is 16.7 Å². The van der Waals surface area contributed by atoms with E-state index < -0.39 is 29.0 Å². The summed E-state index contributed by atoms with van der Waals surface area (Å²) in [5, 5.41) is 48.1. The zero-order valence-electron chi connectivity index (χ0n) is 15.4. The molecule has 0 radical (unpaired) electrons. The number of para-hydroxylation sites is 1. The molecule has 7 heteroatoms. The first-order valence-corrected chi connectivity index (χ1v) is 10.2. The predicted molar refractivity (Wildman–Crippen MR) is 107 cm³/mol. The summed E-state index contributed by atoms with van der Waals surface area (Å²) in [5.74, 6) is 0.582. The quantitative estimate of drug-likeness (QED) is 0.461. The van der Waals surface area contributed by atoms with E-state index in [0.717, 1.165) is 28.5 Å². The Hall–Kier alpha value is -1.61. The fourth-order valence-electron chi connectivity index (χ4n) is 3.23. The molecule has 0 aliphatic carbocycles. The number of hydrogen-bond acceptors (Lipinski definition) is 7.